The molecule has 2 aromatic heterocycles. The molecule has 230 valence electrons. The standard InChI is InChI=1S/C46H36N2/c1-46(2,3)35-27-33(31-14-12-16-36(29-31)47-42-22-8-4-18-38(42)39-19-5-9-23-43(39)47)26-34(28-35)32-15-13-17-37(30-32)48-44-24-10-6-20-40(44)41-21-7-11-25-45(41)48/h4-30H,1-3H3. The summed E-state index contributed by atoms with van der Waals surface area (Å²) in [5.74, 6) is 0. The van der Waals surface area contributed by atoms with Gasteiger partial charge in [0.2, 0.25) is 0 Å². The normalized spacial score (nSPS) is 12.1. The second-order valence-corrected chi connectivity index (χ2v) is 13.9. The average molecular weight is 617 g/mol. The van der Waals surface area contributed by atoms with Crippen LogP contribution in [0.4, 0.5) is 0 Å². The molecule has 0 aliphatic rings. The molecule has 0 atom stereocenters. The van der Waals surface area contributed by atoms with Crippen molar-refractivity contribution in [2.24, 2.45) is 0 Å². The summed E-state index contributed by atoms with van der Waals surface area (Å²) in [7, 11) is 0. The van der Waals surface area contributed by atoms with Crippen LogP contribution in [0.2, 0.25) is 0 Å². The molecular formula is C46H36N2. The van der Waals surface area contributed by atoms with Crippen LogP contribution < -0.4 is 0 Å². The first kappa shape index (κ1) is 28.4. The van der Waals surface area contributed by atoms with Gasteiger partial charge in [0.15, 0.2) is 0 Å². The Kier molecular flexibility index (Phi) is 6.42. The molecule has 0 aliphatic carbocycles. The molecule has 0 fully saturated rings. The SMILES string of the molecule is CC(C)(C)c1cc(-c2cccc(-n3c4ccccc4c4ccccc43)c2)cc(-c2cccc(-n3c4ccccc4c4ccccc43)c2)c1. The van der Waals surface area contributed by atoms with Crippen molar-refractivity contribution < 1.29 is 0 Å². The van der Waals surface area contributed by atoms with Crippen LogP contribution >= 0.6 is 0 Å². The Bertz CT molecular complexity index is 2380. The fraction of sp³-hybridized carbons (Fsp3) is 0.0870. The van der Waals surface area contributed by atoms with Crippen LogP contribution in [0.1, 0.15) is 26.3 Å². The molecule has 2 nitrogen and oxygen atoms in total. The molecule has 48 heavy (non-hydrogen) atoms. The Morgan fingerprint density at radius 3 is 1.04 bits per heavy atom. The lowest BCUT2D eigenvalue weighted by Crippen LogP contribution is -2.11. The van der Waals surface area contributed by atoms with Crippen LogP contribution in [-0.2, 0) is 5.41 Å². The number of para-hydroxylation sites is 4. The predicted molar refractivity (Wildman–Crippen MR) is 205 cm³/mol. The van der Waals surface area contributed by atoms with Gasteiger partial charge in [-0.15, -0.1) is 0 Å². The Morgan fingerprint density at radius 2 is 0.688 bits per heavy atom. The highest BCUT2D eigenvalue weighted by atomic mass is 15.0. The molecule has 0 unspecified atom stereocenters. The van der Waals surface area contributed by atoms with Gasteiger partial charge >= 0.3 is 0 Å². The molecule has 0 saturated carbocycles. The summed E-state index contributed by atoms with van der Waals surface area (Å²) in [6.45, 7) is 6.91. The summed E-state index contributed by atoms with van der Waals surface area (Å²) >= 11 is 0. The van der Waals surface area contributed by atoms with E-state index >= 15 is 0 Å². The highest BCUT2D eigenvalue weighted by molar-refractivity contribution is 6.10. The first-order chi connectivity index (χ1) is 23.4. The Labute approximate surface area is 281 Å². The van der Waals surface area contributed by atoms with Crippen LogP contribution in [0.3, 0.4) is 0 Å². The average Bonchev–Trinajstić information content (AvgIpc) is 3.64. The second-order valence-electron chi connectivity index (χ2n) is 13.9. The lowest BCUT2D eigenvalue weighted by Gasteiger charge is -2.22. The van der Waals surface area contributed by atoms with Crippen LogP contribution in [0.25, 0.3) is 77.2 Å². The highest BCUT2D eigenvalue weighted by Crippen LogP contribution is 2.38. The van der Waals surface area contributed by atoms with Crippen LogP contribution in [-0.4, -0.2) is 9.13 Å². The van der Waals surface area contributed by atoms with Gasteiger partial charge in [-0.3, -0.25) is 0 Å². The summed E-state index contributed by atoms with van der Waals surface area (Å²) < 4.78 is 4.80. The zero-order chi connectivity index (χ0) is 32.4. The third-order valence-electron chi connectivity index (χ3n) is 9.83. The first-order valence-corrected chi connectivity index (χ1v) is 16.8. The highest BCUT2D eigenvalue weighted by Gasteiger charge is 2.19. The fourth-order valence-corrected chi connectivity index (χ4v) is 7.44. The van der Waals surface area contributed by atoms with E-state index in [1.807, 2.05) is 0 Å². The Hall–Kier alpha value is -5.86. The molecule has 0 amide bonds. The first-order valence-electron chi connectivity index (χ1n) is 16.8. The number of hydrogen-bond acceptors (Lipinski definition) is 0. The predicted octanol–water partition coefficient (Wildman–Crippen LogP) is 12.5. The molecule has 0 spiro atoms. The quantitative estimate of drug-likeness (QED) is 0.186. The van der Waals surface area contributed by atoms with Gasteiger partial charge in [0.1, 0.15) is 0 Å². The van der Waals surface area contributed by atoms with E-state index in [9.17, 15) is 0 Å². The maximum absolute atomic E-state index is 2.40. The monoisotopic (exact) mass is 616 g/mol. The van der Waals surface area contributed by atoms with Crippen LogP contribution in [0.15, 0.2) is 164 Å². The summed E-state index contributed by atoms with van der Waals surface area (Å²) in [4.78, 5) is 0. The van der Waals surface area contributed by atoms with Gasteiger partial charge in [0, 0.05) is 32.9 Å². The second kappa shape index (κ2) is 10.9. The van der Waals surface area contributed by atoms with Crippen molar-refractivity contribution in [3.63, 3.8) is 0 Å². The minimum atomic E-state index is -0.0142. The summed E-state index contributed by atoms with van der Waals surface area (Å²) in [6, 6.07) is 60.0. The van der Waals surface area contributed by atoms with Crippen molar-refractivity contribution in [1.82, 2.24) is 9.13 Å². The smallest absolute Gasteiger partial charge is 0.0541 e. The largest absolute Gasteiger partial charge is 0.309 e. The molecule has 0 saturated heterocycles. The number of aromatic nitrogens is 2. The van der Waals surface area contributed by atoms with E-state index in [1.54, 1.807) is 0 Å². The van der Waals surface area contributed by atoms with Gasteiger partial charge in [0.25, 0.3) is 0 Å². The van der Waals surface area contributed by atoms with E-state index in [1.165, 1.54) is 82.8 Å². The molecule has 2 heterocycles. The van der Waals surface area contributed by atoms with Crippen molar-refractivity contribution in [3.8, 4) is 33.6 Å². The molecule has 0 N–H and O–H groups in total. The van der Waals surface area contributed by atoms with Gasteiger partial charge in [-0.05, 0) is 87.8 Å². The number of nitrogens with zero attached hydrogens (tertiary/aromatic N) is 2. The maximum Gasteiger partial charge on any atom is 0.0541 e. The van der Waals surface area contributed by atoms with Gasteiger partial charge in [-0.25, -0.2) is 0 Å². The third kappa shape index (κ3) is 4.56. The van der Waals surface area contributed by atoms with E-state index < -0.39 is 0 Å². The van der Waals surface area contributed by atoms with Gasteiger partial charge in [-0.1, -0.05) is 130 Å². The van der Waals surface area contributed by atoms with Crippen molar-refractivity contribution >= 4 is 43.6 Å². The summed E-state index contributed by atoms with van der Waals surface area (Å²) in [5.41, 5.74) is 13.4. The Balaban J connectivity index is 1.21. The molecule has 0 radical (unpaired) electrons. The van der Waals surface area contributed by atoms with Crippen molar-refractivity contribution in [2.75, 3.05) is 0 Å². The molecule has 7 aromatic carbocycles. The van der Waals surface area contributed by atoms with Crippen molar-refractivity contribution in [1.29, 1.82) is 0 Å². The summed E-state index contributed by atoms with van der Waals surface area (Å²) in [6.07, 6.45) is 0. The third-order valence-corrected chi connectivity index (χ3v) is 9.83. The van der Waals surface area contributed by atoms with Gasteiger partial charge in [0.05, 0.1) is 22.1 Å². The van der Waals surface area contributed by atoms with Crippen LogP contribution in [0.5, 0.6) is 0 Å². The molecule has 9 rings (SSSR count). The van der Waals surface area contributed by atoms with Gasteiger partial charge in [-0.2, -0.15) is 0 Å². The number of fused-ring (bicyclic) bond motifs is 6. The molecule has 0 aliphatic heterocycles. The topological polar surface area (TPSA) is 9.86 Å². The van der Waals surface area contributed by atoms with Crippen molar-refractivity contribution in [3.05, 3.63) is 169 Å². The molecule has 0 bridgehead atoms. The summed E-state index contributed by atoms with van der Waals surface area (Å²) in [5, 5.41) is 5.11. The zero-order valence-corrected chi connectivity index (χ0v) is 27.5. The zero-order valence-electron chi connectivity index (χ0n) is 27.5. The lowest BCUT2D eigenvalue weighted by molar-refractivity contribution is 0.590. The Morgan fingerprint density at radius 1 is 0.333 bits per heavy atom. The number of benzene rings is 7. The van der Waals surface area contributed by atoms with Crippen molar-refractivity contribution in [2.45, 2.75) is 26.2 Å². The minimum Gasteiger partial charge on any atom is -0.309 e. The minimum absolute atomic E-state index is 0.0142. The fourth-order valence-electron chi connectivity index (χ4n) is 7.44. The van der Waals surface area contributed by atoms with E-state index in [0.29, 0.717) is 0 Å². The lowest BCUT2D eigenvalue weighted by atomic mass is 9.83. The van der Waals surface area contributed by atoms with E-state index in [0.717, 1.165) is 0 Å². The van der Waals surface area contributed by atoms with E-state index in [4.69, 9.17) is 0 Å². The van der Waals surface area contributed by atoms with E-state index in [2.05, 4.69) is 194 Å². The molecule has 2 heteroatoms. The van der Waals surface area contributed by atoms with Crippen LogP contribution in [0, 0.1) is 0 Å². The molecule has 9 aromatic rings. The number of hydrogen-bond donors (Lipinski definition) is 0. The maximum atomic E-state index is 2.40. The molecular weight excluding hydrogens is 581 g/mol. The van der Waals surface area contributed by atoms with E-state index in [-0.39, 0.29) is 5.41 Å². The number of rotatable bonds is 4. The van der Waals surface area contributed by atoms with Gasteiger partial charge < -0.3 is 9.13 Å².